The van der Waals surface area contributed by atoms with E-state index in [4.69, 9.17) is 10.8 Å². The molecule has 1 aromatic rings. The molecule has 0 bridgehead atoms. The van der Waals surface area contributed by atoms with Gasteiger partial charge in [0.05, 0.1) is 0 Å². The first-order chi connectivity index (χ1) is 6.72. The van der Waals surface area contributed by atoms with Crippen LogP contribution in [0.4, 0.5) is 0 Å². The minimum atomic E-state index is -0.917. The van der Waals surface area contributed by atoms with Gasteiger partial charge in [0.15, 0.2) is 0 Å². The average molecular weight is 228 g/mol. The maximum absolute atomic E-state index is 10.2. The summed E-state index contributed by atoms with van der Waals surface area (Å²) < 4.78 is 0. The largest absolute Gasteiger partial charge is 0.478 e. The third-order valence-corrected chi connectivity index (χ3v) is 1.84. The van der Waals surface area contributed by atoms with E-state index < -0.39 is 5.97 Å². The summed E-state index contributed by atoms with van der Waals surface area (Å²) in [6.07, 6.45) is 3.40. The van der Waals surface area contributed by atoms with Crippen molar-refractivity contribution < 1.29 is 9.90 Å². The predicted octanol–water partition coefficient (Wildman–Crippen LogP) is 1.75. The third kappa shape index (κ3) is 5.20. The molecule has 1 rings (SSSR count). The Labute approximate surface area is 95.0 Å². The molecular formula is C11H14ClNO2. The Morgan fingerprint density at radius 2 is 2.07 bits per heavy atom. The van der Waals surface area contributed by atoms with E-state index in [9.17, 15) is 4.79 Å². The van der Waals surface area contributed by atoms with Gasteiger partial charge in [-0.3, -0.25) is 0 Å². The summed E-state index contributed by atoms with van der Waals surface area (Å²) in [4.78, 5) is 10.2. The number of nitrogens with two attached hydrogens (primary N) is 1. The van der Waals surface area contributed by atoms with Crippen molar-refractivity contribution in [2.45, 2.75) is 13.0 Å². The molecule has 0 amide bonds. The molecule has 0 saturated heterocycles. The van der Waals surface area contributed by atoms with Gasteiger partial charge in [-0.2, -0.15) is 0 Å². The molecule has 0 fully saturated rings. The van der Waals surface area contributed by atoms with E-state index in [1.165, 1.54) is 0 Å². The van der Waals surface area contributed by atoms with Gasteiger partial charge in [0, 0.05) is 12.6 Å². The number of hydrogen-bond acceptors (Lipinski definition) is 2. The number of aliphatic carboxylic acids is 1. The van der Waals surface area contributed by atoms with Crippen LogP contribution in [0.25, 0.3) is 0 Å². The van der Waals surface area contributed by atoms with Gasteiger partial charge in [0.2, 0.25) is 0 Å². The third-order valence-electron chi connectivity index (χ3n) is 1.84. The minimum Gasteiger partial charge on any atom is -0.478 e. The molecular weight excluding hydrogens is 214 g/mol. The first kappa shape index (κ1) is 13.7. The molecule has 0 aliphatic carbocycles. The molecule has 15 heavy (non-hydrogen) atoms. The van der Waals surface area contributed by atoms with Gasteiger partial charge in [-0.15, -0.1) is 12.4 Å². The van der Waals surface area contributed by atoms with Gasteiger partial charge in [0.1, 0.15) is 0 Å². The first-order valence-corrected chi connectivity index (χ1v) is 4.39. The highest BCUT2D eigenvalue weighted by molar-refractivity contribution is 5.85. The number of benzene rings is 1. The number of carbonyl (C=O) groups is 1. The van der Waals surface area contributed by atoms with E-state index >= 15 is 0 Å². The second-order valence-electron chi connectivity index (χ2n) is 2.97. The minimum absolute atomic E-state index is 0. The van der Waals surface area contributed by atoms with Gasteiger partial charge in [0.25, 0.3) is 0 Å². The lowest BCUT2D eigenvalue weighted by molar-refractivity contribution is -0.131. The zero-order valence-corrected chi connectivity index (χ0v) is 9.04. The summed E-state index contributed by atoms with van der Waals surface area (Å²) >= 11 is 0. The van der Waals surface area contributed by atoms with Crippen LogP contribution in [0, 0.1) is 0 Å². The molecule has 0 radical (unpaired) electrons. The standard InChI is InChI=1S/C11H13NO2.ClH/c12-8-10-5-1-3-9(7-10)4-2-6-11(13)14;/h1-3,5-7H,4,8,12H2,(H,13,14);1H. The first-order valence-electron chi connectivity index (χ1n) is 4.39. The van der Waals surface area contributed by atoms with Crippen LogP contribution in [-0.2, 0) is 17.8 Å². The Morgan fingerprint density at radius 3 is 2.67 bits per heavy atom. The fourth-order valence-electron chi connectivity index (χ4n) is 1.18. The molecule has 4 heteroatoms. The Morgan fingerprint density at radius 1 is 1.40 bits per heavy atom. The molecule has 0 spiro atoms. The number of hydrogen-bond donors (Lipinski definition) is 2. The summed E-state index contributed by atoms with van der Waals surface area (Å²) in [5.74, 6) is -0.917. The van der Waals surface area contributed by atoms with Crippen molar-refractivity contribution in [1.29, 1.82) is 0 Å². The molecule has 0 atom stereocenters. The van der Waals surface area contributed by atoms with Gasteiger partial charge >= 0.3 is 5.97 Å². The number of rotatable bonds is 4. The summed E-state index contributed by atoms with van der Waals surface area (Å²) in [6.45, 7) is 0.510. The molecule has 0 saturated carbocycles. The Bertz CT molecular complexity index is 350. The molecule has 3 N–H and O–H groups in total. The van der Waals surface area contributed by atoms with Crippen molar-refractivity contribution in [2.75, 3.05) is 0 Å². The van der Waals surface area contributed by atoms with Gasteiger partial charge in [-0.1, -0.05) is 30.3 Å². The molecule has 0 aliphatic rings. The van der Waals surface area contributed by atoms with Crippen LogP contribution in [0.3, 0.4) is 0 Å². The van der Waals surface area contributed by atoms with Crippen LogP contribution in [-0.4, -0.2) is 11.1 Å². The number of carboxylic acid groups (broad SMARTS) is 1. The molecule has 0 heterocycles. The Balaban J connectivity index is 0.00000196. The van der Waals surface area contributed by atoms with Crippen molar-refractivity contribution in [2.24, 2.45) is 5.73 Å². The molecule has 3 nitrogen and oxygen atoms in total. The quantitative estimate of drug-likeness (QED) is 0.771. The van der Waals surface area contributed by atoms with E-state index in [2.05, 4.69) is 0 Å². The highest BCUT2D eigenvalue weighted by Crippen LogP contribution is 2.05. The number of allylic oxidation sites excluding steroid dienone is 1. The zero-order chi connectivity index (χ0) is 10.4. The second-order valence-corrected chi connectivity index (χ2v) is 2.97. The lowest BCUT2D eigenvalue weighted by Crippen LogP contribution is -1.96. The smallest absolute Gasteiger partial charge is 0.327 e. The fourth-order valence-corrected chi connectivity index (χ4v) is 1.18. The average Bonchev–Trinajstić information content (AvgIpc) is 2.18. The topological polar surface area (TPSA) is 63.3 Å². The van der Waals surface area contributed by atoms with Crippen LogP contribution in [0.15, 0.2) is 36.4 Å². The highest BCUT2D eigenvalue weighted by atomic mass is 35.5. The molecule has 0 unspecified atom stereocenters. The van der Waals surface area contributed by atoms with E-state index in [1.807, 2.05) is 24.3 Å². The summed E-state index contributed by atoms with van der Waals surface area (Å²) in [5.41, 5.74) is 7.62. The number of halogens is 1. The SMILES string of the molecule is Cl.NCc1cccc(CC=CC(=O)O)c1. The maximum Gasteiger partial charge on any atom is 0.327 e. The second kappa shape index (κ2) is 7.04. The van der Waals surface area contributed by atoms with Crippen LogP contribution >= 0.6 is 12.4 Å². The molecule has 82 valence electrons. The Hall–Kier alpha value is -1.32. The van der Waals surface area contributed by atoms with Gasteiger partial charge < -0.3 is 10.8 Å². The normalized spacial score (nSPS) is 9.93. The lowest BCUT2D eigenvalue weighted by Gasteiger charge is -1.99. The zero-order valence-electron chi connectivity index (χ0n) is 8.22. The van der Waals surface area contributed by atoms with E-state index in [0.29, 0.717) is 13.0 Å². The molecule has 0 aliphatic heterocycles. The fraction of sp³-hybridized carbons (Fsp3) is 0.182. The van der Waals surface area contributed by atoms with Crippen molar-refractivity contribution in [3.05, 3.63) is 47.5 Å². The maximum atomic E-state index is 10.2. The molecule has 0 aromatic heterocycles. The summed E-state index contributed by atoms with van der Waals surface area (Å²) in [7, 11) is 0. The van der Waals surface area contributed by atoms with E-state index in [1.54, 1.807) is 6.08 Å². The van der Waals surface area contributed by atoms with Crippen LogP contribution in [0.1, 0.15) is 11.1 Å². The van der Waals surface area contributed by atoms with E-state index in [0.717, 1.165) is 17.2 Å². The number of carboxylic acids is 1. The van der Waals surface area contributed by atoms with Crippen LogP contribution in [0.5, 0.6) is 0 Å². The summed E-state index contributed by atoms with van der Waals surface area (Å²) in [6, 6.07) is 7.80. The lowest BCUT2D eigenvalue weighted by atomic mass is 10.1. The van der Waals surface area contributed by atoms with Crippen molar-refractivity contribution in [3.8, 4) is 0 Å². The van der Waals surface area contributed by atoms with Gasteiger partial charge in [-0.25, -0.2) is 4.79 Å². The Kier molecular flexibility index (Phi) is 6.42. The highest BCUT2D eigenvalue weighted by Gasteiger charge is 1.92. The van der Waals surface area contributed by atoms with Crippen molar-refractivity contribution >= 4 is 18.4 Å². The van der Waals surface area contributed by atoms with Gasteiger partial charge in [-0.05, 0) is 17.5 Å². The van der Waals surface area contributed by atoms with Crippen LogP contribution in [0.2, 0.25) is 0 Å². The summed E-state index contributed by atoms with van der Waals surface area (Å²) in [5, 5.41) is 8.39. The predicted molar refractivity (Wildman–Crippen MR) is 62.1 cm³/mol. The van der Waals surface area contributed by atoms with Crippen molar-refractivity contribution in [1.82, 2.24) is 0 Å². The van der Waals surface area contributed by atoms with Crippen LogP contribution < -0.4 is 5.73 Å². The monoisotopic (exact) mass is 227 g/mol. The van der Waals surface area contributed by atoms with Crippen molar-refractivity contribution in [3.63, 3.8) is 0 Å². The molecule has 1 aromatic carbocycles. The van der Waals surface area contributed by atoms with E-state index in [-0.39, 0.29) is 12.4 Å².